The molecule has 0 aliphatic heterocycles. The summed E-state index contributed by atoms with van der Waals surface area (Å²) < 4.78 is 0. The Morgan fingerprint density at radius 2 is 2.27 bits per heavy atom. The summed E-state index contributed by atoms with van der Waals surface area (Å²) in [4.78, 5) is 11.0. The Balaban J connectivity index is 2.11. The van der Waals surface area contributed by atoms with Gasteiger partial charge < -0.3 is 10.4 Å². The van der Waals surface area contributed by atoms with Crippen LogP contribution in [0, 0.1) is 0 Å². The first-order valence-electron chi connectivity index (χ1n) is 4.08. The van der Waals surface area contributed by atoms with Gasteiger partial charge in [0.15, 0.2) is 0 Å². The smallest absolute Gasteiger partial charge is 0.220 e. The minimum Gasteiger partial charge on any atom is -0.396 e. The highest BCUT2D eigenvalue weighted by Crippen LogP contribution is 2.34. The second kappa shape index (κ2) is 3.22. The summed E-state index contributed by atoms with van der Waals surface area (Å²) in [7, 11) is 0. The van der Waals surface area contributed by atoms with Gasteiger partial charge in [0.05, 0.1) is 0 Å². The van der Waals surface area contributed by atoms with Gasteiger partial charge in [0, 0.05) is 18.6 Å². The Kier molecular flexibility index (Phi) is 2.49. The summed E-state index contributed by atoms with van der Waals surface area (Å²) in [6, 6.07) is 0. The molecular weight excluding hydrogens is 142 g/mol. The molecule has 0 aromatic rings. The molecule has 3 heteroatoms. The highest BCUT2D eigenvalue weighted by atomic mass is 16.3. The van der Waals surface area contributed by atoms with Gasteiger partial charge in [-0.15, -0.1) is 0 Å². The Morgan fingerprint density at radius 1 is 1.64 bits per heavy atom. The molecule has 1 aliphatic rings. The monoisotopic (exact) mass is 157 g/mol. The molecule has 64 valence electrons. The Hall–Kier alpha value is -0.570. The fourth-order valence-corrected chi connectivity index (χ4v) is 0.951. The number of rotatable bonds is 4. The molecule has 2 N–H and O–H groups in total. The minimum atomic E-state index is 0.0686. The van der Waals surface area contributed by atoms with Crippen LogP contribution in [0.4, 0.5) is 0 Å². The largest absolute Gasteiger partial charge is 0.396 e. The lowest BCUT2D eigenvalue weighted by Gasteiger charge is -2.10. The molecule has 0 aromatic heterocycles. The van der Waals surface area contributed by atoms with Crippen LogP contribution in [0.25, 0.3) is 0 Å². The van der Waals surface area contributed by atoms with Gasteiger partial charge in [0.25, 0.3) is 0 Å². The average Bonchev–Trinajstić information content (AvgIpc) is 2.63. The van der Waals surface area contributed by atoms with Gasteiger partial charge in [-0.2, -0.15) is 0 Å². The van der Waals surface area contributed by atoms with Crippen LogP contribution in [0.3, 0.4) is 0 Å². The molecule has 1 aliphatic carbocycles. The number of aliphatic hydroxyl groups excluding tert-OH is 1. The van der Waals surface area contributed by atoms with Crippen LogP contribution < -0.4 is 5.32 Å². The van der Waals surface area contributed by atoms with Gasteiger partial charge in [-0.25, -0.2) is 0 Å². The first-order valence-corrected chi connectivity index (χ1v) is 4.08. The van der Waals surface area contributed by atoms with Crippen LogP contribution in [0.2, 0.25) is 0 Å². The van der Waals surface area contributed by atoms with Crippen molar-refractivity contribution in [2.24, 2.45) is 0 Å². The molecular formula is C8H15NO2. The number of amides is 1. The van der Waals surface area contributed by atoms with Crippen LogP contribution in [0.15, 0.2) is 0 Å². The van der Waals surface area contributed by atoms with E-state index in [1.54, 1.807) is 0 Å². The maximum atomic E-state index is 11.0. The zero-order valence-electron chi connectivity index (χ0n) is 6.89. The predicted octanol–water partition coefficient (Wildman–Crippen LogP) is 0.428. The summed E-state index contributed by atoms with van der Waals surface area (Å²) in [5.41, 5.74) is 0.0898. The summed E-state index contributed by atoms with van der Waals surface area (Å²) in [5.74, 6) is 0.0686. The van der Waals surface area contributed by atoms with Gasteiger partial charge in [-0.05, 0) is 26.2 Å². The molecule has 0 radical (unpaired) electrons. The predicted molar refractivity (Wildman–Crippen MR) is 42.1 cm³/mol. The van der Waals surface area contributed by atoms with Crippen LogP contribution in [-0.4, -0.2) is 23.2 Å². The van der Waals surface area contributed by atoms with E-state index in [1.807, 2.05) is 6.92 Å². The van der Waals surface area contributed by atoms with Gasteiger partial charge in [0.1, 0.15) is 0 Å². The maximum Gasteiger partial charge on any atom is 0.220 e. The zero-order valence-corrected chi connectivity index (χ0v) is 6.89. The van der Waals surface area contributed by atoms with E-state index in [0.29, 0.717) is 12.8 Å². The number of hydrogen-bond donors (Lipinski definition) is 2. The lowest BCUT2D eigenvalue weighted by molar-refractivity contribution is -0.122. The fourth-order valence-electron chi connectivity index (χ4n) is 0.951. The number of carbonyl (C=O) groups is 1. The van der Waals surface area contributed by atoms with Crippen molar-refractivity contribution in [3.63, 3.8) is 0 Å². The number of carbonyl (C=O) groups excluding carboxylic acids is 1. The molecule has 0 unspecified atom stereocenters. The molecule has 0 heterocycles. The topological polar surface area (TPSA) is 49.3 Å². The average molecular weight is 157 g/mol. The number of aliphatic hydroxyl groups is 1. The van der Waals surface area contributed by atoms with Crippen LogP contribution in [0.1, 0.15) is 32.6 Å². The molecule has 1 rings (SSSR count). The molecule has 1 saturated carbocycles. The summed E-state index contributed by atoms with van der Waals surface area (Å²) in [6.45, 7) is 2.15. The van der Waals surface area contributed by atoms with Crippen molar-refractivity contribution in [2.45, 2.75) is 38.1 Å². The first-order chi connectivity index (χ1) is 5.16. The molecule has 0 bridgehead atoms. The number of nitrogens with one attached hydrogen (secondary N) is 1. The minimum absolute atomic E-state index is 0.0686. The molecule has 0 atom stereocenters. The van der Waals surface area contributed by atoms with Crippen LogP contribution in [-0.2, 0) is 4.79 Å². The van der Waals surface area contributed by atoms with Crippen molar-refractivity contribution in [3.8, 4) is 0 Å². The highest BCUT2D eigenvalue weighted by Gasteiger charge is 2.38. The highest BCUT2D eigenvalue weighted by molar-refractivity contribution is 5.77. The van der Waals surface area contributed by atoms with Crippen molar-refractivity contribution in [2.75, 3.05) is 6.61 Å². The van der Waals surface area contributed by atoms with Crippen LogP contribution >= 0.6 is 0 Å². The van der Waals surface area contributed by atoms with Gasteiger partial charge in [0.2, 0.25) is 5.91 Å². The van der Waals surface area contributed by atoms with Crippen molar-refractivity contribution in [1.82, 2.24) is 5.32 Å². The lowest BCUT2D eigenvalue weighted by Crippen LogP contribution is -2.34. The standard InChI is InChI=1S/C8H15NO2/c1-8(4-5-8)9-7(11)3-2-6-10/h10H,2-6H2,1H3,(H,9,11). The molecule has 1 amide bonds. The first kappa shape index (κ1) is 8.53. The Morgan fingerprint density at radius 3 is 2.73 bits per heavy atom. The van der Waals surface area contributed by atoms with E-state index in [9.17, 15) is 4.79 Å². The molecule has 0 saturated heterocycles. The van der Waals surface area contributed by atoms with E-state index < -0.39 is 0 Å². The van der Waals surface area contributed by atoms with Crippen molar-refractivity contribution < 1.29 is 9.90 Å². The molecule has 1 fully saturated rings. The Bertz CT molecular complexity index is 152. The van der Waals surface area contributed by atoms with E-state index in [0.717, 1.165) is 12.8 Å². The maximum absolute atomic E-state index is 11.0. The Labute approximate surface area is 66.8 Å². The van der Waals surface area contributed by atoms with Crippen molar-refractivity contribution >= 4 is 5.91 Å². The quantitative estimate of drug-likeness (QED) is 0.621. The van der Waals surface area contributed by atoms with E-state index in [-0.39, 0.29) is 18.1 Å². The second-order valence-electron chi connectivity index (χ2n) is 3.44. The summed E-state index contributed by atoms with van der Waals surface area (Å²) >= 11 is 0. The van der Waals surface area contributed by atoms with Crippen molar-refractivity contribution in [3.05, 3.63) is 0 Å². The molecule has 0 aromatic carbocycles. The molecule has 11 heavy (non-hydrogen) atoms. The van der Waals surface area contributed by atoms with Crippen molar-refractivity contribution in [1.29, 1.82) is 0 Å². The lowest BCUT2D eigenvalue weighted by atomic mass is 10.2. The summed E-state index contributed by atoms with van der Waals surface area (Å²) in [6.07, 6.45) is 3.21. The normalized spacial score (nSPS) is 19.5. The summed E-state index contributed by atoms with van der Waals surface area (Å²) in [5, 5.41) is 11.4. The molecule has 3 nitrogen and oxygen atoms in total. The van der Waals surface area contributed by atoms with Crippen LogP contribution in [0.5, 0.6) is 0 Å². The SMILES string of the molecule is CC1(NC(=O)CCCO)CC1. The third kappa shape index (κ3) is 2.89. The molecule has 0 spiro atoms. The van der Waals surface area contributed by atoms with E-state index in [4.69, 9.17) is 5.11 Å². The number of hydrogen-bond acceptors (Lipinski definition) is 2. The third-order valence-electron chi connectivity index (χ3n) is 2.00. The van der Waals surface area contributed by atoms with E-state index in [2.05, 4.69) is 5.32 Å². The van der Waals surface area contributed by atoms with Gasteiger partial charge in [-0.1, -0.05) is 0 Å². The fraction of sp³-hybridized carbons (Fsp3) is 0.875. The van der Waals surface area contributed by atoms with E-state index in [1.165, 1.54) is 0 Å². The van der Waals surface area contributed by atoms with Gasteiger partial charge in [-0.3, -0.25) is 4.79 Å². The second-order valence-corrected chi connectivity index (χ2v) is 3.44. The zero-order chi connectivity index (χ0) is 8.32. The van der Waals surface area contributed by atoms with E-state index >= 15 is 0 Å². The third-order valence-corrected chi connectivity index (χ3v) is 2.00. The van der Waals surface area contributed by atoms with Gasteiger partial charge >= 0.3 is 0 Å².